The van der Waals surface area contributed by atoms with Crippen LogP contribution in [0.2, 0.25) is 0 Å². The predicted octanol–water partition coefficient (Wildman–Crippen LogP) is 2.75. The van der Waals surface area contributed by atoms with E-state index in [9.17, 15) is 5.11 Å². The van der Waals surface area contributed by atoms with E-state index < -0.39 is 0 Å². The summed E-state index contributed by atoms with van der Waals surface area (Å²) in [6.07, 6.45) is 4.15. The molecule has 1 N–H and O–H groups in total. The molecular weight excluding hydrogens is 211 g/mol. The molecule has 2 aromatic rings. The highest BCUT2D eigenvalue weighted by Crippen LogP contribution is 2.46. The van der Waals surface area contributed by atoms with Crippen LogP contribution in [0.3, 0.4) is 0 Å². The third-order valence-electron chi connectivity index (χ3n) is 3.88. The van der Waals surface area contributed by atoms with Crippen molar-refractivity contribution in [1.29, 1.82) is 0 Å². The van der Waals surface area contributed by atoms with Gasteiger partial charge in [-0.25, -0.2) is 0 Å². The first-order chi connectivity index (χ1) is 8.09. The number of furan rings is 1. The van der Waals surface area contributed by atoms with E-state index in [1.165, 1.54) is 12.8 Å². The fourth-order valence-corrected chi connectivity index (χ4v) is 2.59. The van der Waals surface area contributed by atoms with Crippen LogP contribution in [0.5, 0.6) is 5.75 Å². The predicted molar refractivity (Wildman–Crippen MR) is 69.1 cm³/mol. The van der Waals surface area contributed by atoms with Crippen LogP contribution in [-0.4, -0.2) is 13.0 Å². The highest BCUT2D eigenvalue weighted by molar-refractivity contribution is 6.38. The number of benzene rings is 1. The monoisotopic (exact) mass is 226 g/mol. The number of aryl methyl sites for hydroxylation is 1. The van der Waals surface area contributed by atoms with Crippen molar-refractivity contribution in [2.75, 3.05) is 0 Å². The van der Waals surface area contributed by atoms with E-state index in [4.69, 9.17) is 12.3 Å². The van der Waals surface area contributed by atoms with E-state index in [0.29, 0.717) is 28.6 Å². The Labute approximate surface area is 102 Å². The normalized spacial score (nSPS) is 17.5. The van der Waals surface area contributed by atoms with Crippen LogP contribution < -0.4 is 5.46 Å². The molecule has 0 aliphatic heterocycles. The summed E-state index contributed by atoms with van der Waals surface area (Å²) >= 11 is 0. The summed E-state index contributed by atoms with van der Waals surface area (Å²) in [7, 11) is 5.99. The SMILES string of the molecule is [B]c1cc(C(C)C2CC2)c(O)c2c(C)coc12. The number of hydrogen-bond acceptors (Lipinski definition) is 2. The van der Waals surface area contributed by atoms with Gasteiger partial charge in [-0.15, -0.1) is 0 Å². The molecule has 1 aliphatic rings. The number of fused-ring (bicyclic) bond motifs is 1. The third kappa shape index (κ3) is 1.56. The van der Waals surface area contributed by atoms with E-state index in [-0.39, 0.29) is 0 Å². The van der Waals surface area contributed by atoms with Gasteiger partial charge in [-0.2, -0.15) is 0 Å². The molecule has 0 bridgehead atoms. The van der Waals surface area contributed by atoms with Crippen LogP contribution in [0.15, 0.2) is 16.7 Å². The lowest BCUT2D eigenvalue weighted by molar-refractivity contribution is 0.464. The maximum Gasteiger partial charge on any atom is 0.130 e. The topological polar surface area (TPSA) is 33.4 Å². The fourth-order valence-electron chi connectivity index (χ4n) is 2.59. The van der Waals surface area contributed by atoms with Crippen LogP contribution in [0.1, 0.15) is 36.8 Å². The molecule has 2 nitrogen and oxygen atoms in total. The van der Waals surface area contributed by atoms with Crippen LogP contribution in [0.4, 0.5) is 0 Å². The summed E-state index contributed by atoms with van der Waals surface area (Å²) in [5, 5.41) is 11.1. The average molecular weight is 226 g/mol. The fraction of sp³-hybridized carbons (Fsp3) is 0.429. The van der Waals surface area contributed by atoms with Crippen molar-refractivity contribution < 1.29 is 9.52 Å². The summed E-state index contributed by atoms with van der Waals surface area (Å²) in [4.78, 5) is 0. The number of rotatable bonds is 2. The molecule has 1 aromatic heterocycles. The Morgan fingerprint density at radius 1 is 1.47 bits per heavy atom. The molecule has 3 heteroatoms. The maximum absolute atomic E-state index is 10.4. The summed E-state index contributed by atoms with van der Waals surface area (Å²) < 4.78 is 5.39. The standard InChI is InChI=1S/C14H15BO2/c1-7-6-17-14-11(15)5-10(13(16)12(7)14)8(2)9-3-4-9/h5-6,8-9,16H,3-4H2,1-2H3. The van der Waals surface area contributed by atoms with Crippen LogP contribution in [0, 0.1) is 12.8 Å². The molecule has 17 heavy (non-hydrogen) atoms. The van der Waals surface area contributed by atoms with Crippen molar-refractivity contribution in [2.45, 2.75) is 32.6 Å². The zero-order valence-corrected chi connectivity index (χ0v) is 10.2. The van der Waals surface area contributed by atoms with Gasteiger partial charge in [-0.3, -0.25) is 0 Å². The van der Waals surface area contributed by atoms with E-state index in [0.717, 1.165) is 16.5 Å². The van der Waals surface area contributed by atoms with E-state index >= 15 is 0 Å². The first-order valence-corrected chi connectivity index (χ1v) is 6.08. The molecule has 1 aliphatic carbocycles. The van der Waals surface area contributed by atoms with Gasteiger partial charge in [-0.1, -0.05) is 18.5 Å². The van der Waals surface area contributed by atoms with Gasteiger partial charge in [0.15, 0.2) is 0 Å². The maximum atomic E-state index is 10.4. The Morgan fingerprint density at radius 3 is 2.82 bits per heavy atom. The summed E-state index contributed by atoms with van der Waals surface area (Å²) in [5.74, 6) is 1.42. The first kappa shape index (κ1) is 10.8. The van der Waals surface area contributed by atoms with E-state index in [1.807, 2.05) is 13.0 Å². The Bertz CT molecular complexity index is 581. The van der Waals surface area contributed by atoms with Gasteiger partial charge < -0.3 is 9.52 Å². The second-order valence-electron chi connectivity index (χ2n) is 5.15. The summed E-state index contributed by atoms with van der Waals surface area (Å²) in [6, 6.07) is 1.86. The molecule has 86 valence electrons. The Balaban J connectivity index is 2.24. The highest BCUT2D eigenvalue weighted by atomic mass is 16.3. The first-order valence-electron chi connectivity index (χ1n) is 6.08. The summed E-state index contributed by atoms with van der Waals surface area (Å²) in [6.45, 7) is 4.09. The molecule has 1 atom stereocenters. The van der Waals surface area contributed by atoms with Gasteiger partial charge in [0.2, 0.25) is 0 Å². The minimum atomic E-state index is 0.347. The number of aromatic hydroxyl groups is 1. The quantitative estimate of drug-likeness (QED) is 0.798. The summed E-state index contributed by atoms with van der Waals surface area (Å²) in [5.41, 5.74) is 3.12. The van der Waals surface area contributed by atoms with Gasteiger partial charge in [0.1, 0.15) is 19.2 Å². The molecular formula is C14H15BO2. The largest absolute Gasteiger partial charge is 0.507 e. The van der Waals surface area contributed by atoms with Crippen LogP contribution in [0.25, 0.3) is 11.0 Å². The van der Waals surface area contributed by atoms with Crippen LogP contribution >= 0.6 is 0 Å². The van der Waals surface area contributed by atoms with Crippen LogP contribution in [-0.2, 0) is 0 Å². The molecule has 1 heterocycles. The van der Waals surface area contributed by atoms with Crippen molar-refractivity contribution >= 4 is 24.3 Å². The molecule has 0 amide bonds. The molecule has 1 unspecified atom stereocenters. The van der Waals surface area contributed by atoms with Crippen molar-refractivity contribution in [3.63, 3.8) is 0 Å². The lowest BCUT2D eigenvalue weighted by Crippen LogP contribution is -2.08. The minimum absolute atomic E-state index is 0.347. The van der Waals surface area contributed by atoms with E-state index in [2.05, 4.69) is 6.92 Å². The average Bonchev–Trinajstić information content (AvgIpc) is 3.06. The molecule has 3 rings (SSSR count). The Kier molecular flexibility index (Phi) is 2.25. The van der Waals surface area contributed by atoms with E-state index in [1.54, 1.807) is 6.26 Å². The zero-order valence-electron chi connectivity index (χ0n) is 10.2. The van der Waals surface area contributed by atoms with Crippen molar-refractivity contribution in [3.8, 4) is 5.75 Å². The number of hydrogen-bond donors (Lipinski definition) is 1. The number of phenolic OH excluding ortho intramolecular Hbond substituents is 1. The van der Waals surface area contributed by atoms with Gasteiger partial charge in [0.05, 0.1) is 11.6 Å². The molecule has 1 saturated carbocycles. The number of phenols is 1. The smallest absolute Gasteiger partial charge is 0.130 e. The lowest BCUT2D eigenvalue weighted by atomic mass is 9.85. The lowest BCUT2D eigenvalue weighted by Gasteiger charge is -2.14. The highest BCUT2D eigenvalue weighted by Gasteiger charge is 2.31. The van der Waals surface area contributed by atoms with Crippen molar-refractivity contribution in [3.05, 3.63) is 23.5 Å². The molecule has 2 radical (unpaired) electrons. The van der Waals surface area contributed by atoms with Gasteiger partial charge in [-0.05, 0) is 42.7 Å². The Hall–Kier alpha value is -1.38. The zero-order chi connectivity index (χ0) is 12.2. The van der Waals surface area contributed by atoms with Crippen molar-refractivity contribution in [2.24, 2.45) is 5.92 Å². The Morgan fingerprint density at radius 2 is 2.18 bits per heavy atom. The van der Waals surface area contributed by atoms with Gasteiger partial charge in [0.25, 0.3) is 0 Å². The second-order valence-corrected chi connectivity index (χ2v) is 5.15. The molecule has 1 aromatic carbocycles. The van der Waals surface area contributed by atoms with Crippen molar-refractivity contribution in [1.82, 2.24) is 0 Å². The van der Waals surface area contributed by atoms with Gasteiger partial charge >= 0.3 is 0 Å². The molecule has 1 fully saturated rings. The minimum Gasteiger partial charge on any atom is -0.507 e. The third-order valence-corrected chi connectivity index (χ3v) is 3.88. The molecule has 0 spiro atoms. The molecule has 0 saturated heterocycles. The second kappa shape index (κ2) is 3.56. The van der Waals surface area contributed by atoms with Gasteiger partial charge in [0, 0.05) is 0 Å².